The lowest BCUT2D eigenvalue weighted by molar-refractivity contribution is -0.123. The van der Waals surface area contributed by atoms with E-state index in [1.165, 1.54) is 0 Å². The molecule has 0 aliphatic carbocycles. The molecule has 2 atom stereocenters. The summed E-state index contributed by atoms with van der Waals surface area (Å²) in [6.45, 7) is 3.46. The minimum atomic E-state index is -0.607. The molecule has 0 spiro atoms. The maximum atomic E-state index is 11.3. The fourth-order valence-corrected chi connectivity index (χ4v) is 1.21. The molecule has 0 saturated carbocycles. The zero-order valence-electron chi connectivity index (χ0n) is 8.86. The molecule has 1 N–H and O–H groups in total. The van der Waals surface area contributed by atoms with Crippen molar-refractivity contribution in [2.24, 2.45) is 5.92 Å². The first-order valence-electron chi connectivity index (χ1n) is 4.86. The minimum Gasteiger partial charge on any atom is -0.469 e. The molecule has 1 aromatic rings. The summed E-state index contributed by atoms with van der Waals surface area (Å²) >= 11 is 0. The lowest BCUT2D eigenvalue weighted by Crippen LogP contribution is -2.37. The molecule has 0 aliphatic rings. The van der Waals surface area contributed by atoms with E-state index in [1.807, 2.05) is 25.1 Å². The second kappa shape index (κ2) is 5.20. The Hall–Kier alpha value is -1.76. The van der Waals surface area contributed by atoms with Crippen LogP contribution in [0.1, 0.15) is 19.6 Å². The summed E-state index contributed by atoms with van der Waals surface area (Å²) in [6.07, 6.45) is 2.23. The number of nitrogens with one attached hydrogen (secondary N) is 1. The first kappa shape index (κ1) is 11.3. The van der Waals surface area contributed by atoms with Crippen molar-refractivity contribution in [3.05, 3.63) is 24.2 Å². The average molecular weight is 206 g/mol. The van der Waals surface area contributed by atoms with Crippen molar-refractivity contribution >= 4 is 5.91 Å². The van der Waals surface area contributed by atoms with Gasteiger partial charge in [-0.1, -0.05) is 0 Å². The molecule has 4 heteroatoms. The highest BCUT2D eigenvalue weighted by Gasteiger charge is 2.14. The lowest BCUT2D eigenvalue weighted by atomic mass is 10.1. The van der Waals surface area contributed by atoms with Crippen LogP contribution in [0.2, 0.25) is 0 Å². The summed E-state index contributed by atoms with van der Waals surface area (Å²) in [6, 6.07) is 5.53. The van der Waals surface area contributed by atoms with Gasteiger partial charge in [0.05, 0.1) is 12.3 Å². The highest BCUT2D eigenvalue weighted by molar-refractivity contribution is 5.80. The quantitative estimate of drug-likeness (QED) is 0.811. The van der Waals surface area contributed by atoms with Crippen LogP contribution in [0.25, 0.3) is 0 Å². The van der Waals surface area contributed by atoms with E-state index in [1.54, 1.807) is 13.2 Å². The van der Waals surface area contributed by atoms with Gasteiger partial charge in [-0.05, 0) is 26.0 Å². The van der Waals surface area contributed by atoms with Crippen molar-refractivity contribution in [3.63, 3.8) is 0 Å². The summed E-state index contributed by atoms with van der Waals surface area (Å²) in [5.41, 5.74) is 0. The van der Waals surface area contributed by atoms with Gasteiger partial charge in [0.2, 0.25) is 5.91 Å². The fourth-order valence-electron chi connectivity index (χ4n) is 1.21. The molecule has 1 rings (SSSR count). The number of furan rings is 1. The Bertz CT molecular complexity index is 351. The molecule has 0 aromatic carbocycles. The van der Waals surface area contributed by atoms with Gasteiger partial charge in [0.25, 0.3) is 0 Å². The summed E-state index contributed by atoms with van der Waals surface area (Å²) in [4.78, 5) is 11.3. The van der Waals surface area contributed by atoms with E-state index in [2.05, 4.69) is 5.32 Å². The van der Waals surface area contributed by atoms with E-state index in [4.69, 9.17) is 9.68 Å². The zero-order valence-corrected chi connectivity index (χ0v) is 8.86. The van der Waals surface area contributed by atoms with Crippen molar-refractivity contribution in [2.45, 2.75) is 26.3 Å². The summed E-state index contributed by atoms with van der Waals surface area (Å²) in [7, 11) is 0. The van der Waals surface area contributed by atoms with Crippen LogP contribution in [0.4, 0.5) is 0 Å². The average Bonchev–Trinajstić information content (AvgIpc) is 2.68. The third kappa shape index (κ3) is 3.47. The Kier molecular flexibility index (Phi) is 3.92. The van der Waals surface area contributed by atoms with Crippen molar-refractivity contribution in [1.29, 1.82) is 5.26 Å². The molecule has 0 bridgehead atoms. The van der Waals surface area contributed by atoms with Crippen molar-refractivity contribution in [2.75, 3.05) is 0 Å². The summed E-state index contributed by atoms with van der Waals surface area (Å²) in [5, 5.41) is 11.3. The number of carbonyl (C=O) groups is 1. The number of hydrogen-bond acceptors (Lipinski definition) is 3. The van der Waals surface area contributed by atoms with Gasteiger partial charge >= 0.3 is 0 Å². The van der Waals surface area contributed by atoms with Crippen LogP contribution in [0.5, 0.6) is 0 Å². The van der Waals surface area contributed by atoms with Crippen LogP contribution < -0.4 is 5.32 Å². The predicted molar refractivity (Wildman–Crippen MR) is 54.8 cm³/mol. The first-order valence-corrected chi connectivity index (χ1v) is 4.86. The van der Waals surface area contributed by atoms with Gasteiger partial charge in [-0.3, -0.25) is 4.79 Å². The maximum absolute atomic E-state index is 11.3. The molecular weight excluding hydrogens is 192 g/mol. The molecule has 0 aliphatic heterocycles. The minimum absolute atomic E-state index is 0.0283. The Morgan fingerprint density at radius 3 is 2.93 bits per heavy atom. The van der Waals surface area contributed by atoms with E-state index >= 15 is 0 Å². The van der Waals surface area contributed by atoms with E-state index in [0.29, 0.717) is 6.42 Å². The molecule has 1 amide bonds. The molecule has 1 heterocycles. The van der Waals surface area contributed by atoms with Crippen molar-refractivity contribution < 1.29 is 9.21 Å². The second-order valence-corrected chi connectivity index (χ2v) is 3.54. The lowest BCUT2D eigenvalue weighted by Gasteiger charge is -2.13. The number of carbonyl (C=O) groups excluding carboxylic acids is 1. The highest BCUT2D eigenvalue weighted by atomic mass is 16.3. The van der Waals surface area contributed by atoms with E-state index in [-0.39, 0.29) is 11.9 Å². The molecule has 4 nitrogen and oxygen atoms in total. The third-order valence-electron chi connectivity index (χ3n) is 2.06. The number of nitriles is 1. The zero-order chi connectivity index (χ0) is 11.3. The fraction of sp³-hybridized carbons (Fsp3) is 0.455. The highest BCUT2D eigenvalue weighted by Crippen LogP contribution is 2.04. The number of hydrogen-bond donors (Lipinski definition) is 1. The van der Waals surface area contributed by atoms with Crippen LogP contribution in [-0.4, -0.2) is 11.9 Å². The predicted octanol–water partition coefficient (Wildman–Crippen LogP) is 1.49. The van der Waals surface area contributed by atoms with Gasteiger partial charge in [0.1, 0.15) is 11.7 Å². The summed E-state index contributed by atoms with van der Waals surface area (Å²) < 4.78 is 5.16. The van der Waals surface area contributed by atoms with Crippen LogP contribution in [0.3, 0.4) is 0 Å². The molecule has 1 aromatic heterocycles. The van der Waals surface area contributed by atoms with Crippen LogP contribution in [0, 0.1) is 17.2 Å². The molecule has 80 valence electrons. The topological polar surface area (TPSA) is 66.0 Å². The van der Waals surface area contributed by atoms with Crippen LogP contribution in [0.15, 0.2) is 22.8 Å². The Labute approximate surface area is 88.9 Å². The van der Waals surface area contributed by atoms with Gasteiger partial charge in [-0.2, -0.15) is 5.26 Å². The van der Waals surface area contributed by atoms with Crippen molar-refractivity contribution in [1.82, 2.24) is 5.32 Å². The molecule has 0 radical (unpaired) electrons. The van der Waals surface area contributed by atoms with Crippen LogP contribution in [-0.2, 0) is 11.2 Å². The molecule has 2 unspecified atom stereocenters. The van der Waals surface area contributed by atoms with Gasteiger partial charge in [-0.25, -0.2) is 0 Å². The maximum Gasteiger partial charge on any atom is 0.237 e. The smallest absolute Gasteiger partial charge is 0.237 e. The molecule has 0 fully saturated rings. The Morgan fingerprint density at radius 1 is 1.67 bits per heavy atom. The monoisotopic (exact) mass is 206 g/mol. The van der Waals surface area contributed by atoms with E-state index in [9.17, 15) is 4.79 Å². The van der Waals surface area contributed by atoms with Gasteiger partial charge in [-0.15, -0.1) is 0 Å². The van der Waals surface area contributed by atoms with E-state index < -0.39 is 5.92 Å². The number of amides is 1. The largest absolute Gasteiger partial charge is 0.469 e. The SMILES string of the molecule is CC(Cc1ccco1)NC(=O)C(C)C#N. The summed E-state index contributed by atoms with van der Waals surface area (Å²) in [5.74, 6) is -0.0204. The molecule has 15 heavy (non-hydrogen) atoms. The molecule has 0 saturated heterocycles. The Morgan fingerprint density at radius 2 is 2.40 bits per heavy atom. The van der Waals surface area contributed by atoms with E-state index in [0.717, 1.165) is 5.76 Å². The molecular formula is C11H14N2O2. The normalized spacial score (nSPS) is 13.9. The van der Waals surface area contributed by atoms with Gasteiger partial charge in [0.15, 0.2) is 0 Å². The van der Waals surface area contributed by atoms with Gasteiger partial charge < -0.3 is 9.73 Å². The van der Waals surface area contributed by atoms with Gasteiger partial charge in [0, 0.05) is 12.5 Å². The standard InChI is InChI=1S/C11H14N2O2/c1-8(7-12)11(14)13-9(2)6-10-4-3-5-15-10/h3-5,8-9H,6H2,1-2H3,(H,13,14). The third-order valence-corrected chi connectivity index (χ3v) is 2.06. The first-order chi connectivity index (χ1) is 7.13. The van der Waals surface area contributed by atoms with Crippen LogP contribution >= 0.6 is 0 Å². The van der Waals surface area contributed by atoms with Crippen molar-refractivity contribution in [3.8, 4) is 6.07 Å². The number of nitrogens with zero attached hydrogens (tertiary/aromatic N) is 1. The Balaban J connectivity index is 2.40. The number of rotatable bonds is 4. The second-order valence-electron chi connectivity index (χ2n) is 3.54.